The summed E-state index contributed by atoms with van der Waals surface area (Å²) in [7, 11) is 0. The van der Waals surface area contributed by atoms with E-state index in [1.807, 2.05) is 13.8 Å². The van der Waals surface area contributed by atoms with E-state index in [-0.39, 0.29) is 0 Å². The number of rotatable bonds is 0. The number of alkyl halides is 1. The summed E-state index contributed by atoms with van der Waals surface area (Å²) < 4.78 is 11.8. The molecule has 0 radical (unpaired) electrons. The van der Waals surface area contributed by atoms with Crippen molar-refractivity contribution in [2.24, 2.45) is 5.16 Å². The van der Waals surface area contributed by atoms with Crippen molar-refractivity contribution in [3.05, 3.63) is 0 Å². The summed E-state index contributed by atoms with van der Waals surface area (Å²) in [6.45, 7) is 5.74. The van der Waals surface area contributed by atoms with Gasteiger partial charge in [-0.25, -0.2) is 0 Å². The molecule has 0 spiro atoms. The molecular weight excluding hydrogens is 121 g/mol. The van der Waals surface area contributed by atoms with Gasteiger partial charge in [0.25, 0.3) is 6.36 Å². The topological polar surface area (TPSA) is 21.6 Å². The van der Waals surface area contributed by atoms with E-state index in [4.69, 9.17) is 0 Å². The van der Waals surface area contributed by atoms with Crippen molar-refractivity contribution < 1.29 is 9.23 Å². The van der Waals surface area contributed by atoms with Gasteiger partial charge in [-0.05, 0) is 6.92 Å². The molecule has 1 aliphatic rings. The standard InChI is InChI=1S/C4H6FNO.C2H6/c1-3-2-4(5)7-6-3;1-2/h4H,2H2,1H3;1-2H3. The lowest BCUT2D eigenvalue weighted by Gasteiger charge is -1.89. The van der Waals surface area contributed by atoms with E-state index in [1.165, 1.54) is 0 Å². The van der Waals surface area contributed by atoms with Crippen LogP contribution in [-0.4, -0.2) is 12.1 Å². The Morgan fingerprint density at radius 2 is 2.22 bits per heavy atom. The maximum absolute atomic E-state index is 11.8. The number of nitrogens with zero attached hydrogens (tertiary/aromatic N) is 1. The van der Waals surface area contributed by atoms with Gasteiger partial charge in [0, 0.05) is 0 Å². The van der Waals surface area contributed by atoms with E-state index in [2.05, 4.69) is 9.99 Å². The third-order valence-electron chi connectivity index (χ3n) is 0.779. The Morgan fingerprint density at radius 3 is 2.33 bits per heavy atom. The molecule has 0 aromatic heterocycles. The molecule has 1 aliphatic heterocycles. The molecule has 0 aromatic carbocycles. The van der Waals surface area contributed by atoms with Gasteiger partial charge < -0.3 is 4.84 Å². The molecule has 0 bridgehead atoms. The van der Waals surface area contributed by atoms with Crippen LogP contribution in [-0.2, 0) is 4.84 Å². The van der Waals surface area contributed by atoms with Crippen molar-refractivity contribution in [1.82, 2.24) is 0 Å². The van der Waals surface area contributed by atoms with Crippen LogP contribution in [0, 0.1) is 0 Å². The van der Waals surface area contributed by atoms with Gasteiger partial charge in [0.05, 0.1) is 12.1 Å². The number of hydrogen-bond donors (Lipinski definition) is 0. The SMILES string of the molecule is CC.CC1=NOC(F)C1. The summed E-state index contributed by atoms with van der Waals surface area (Å²) in [4.78, 5) is 4.19. The monoisotopic (exact) mass is 133 g/mol. The Bertz CT molecular complexity index is 103. The molecule has 0 saturated heterocycles. The molecule has 54 valence electrons. The first-order valence-electron chi connectivity index (χ1n) is 3.12. The zero-order valence-electron chi connectivity index (χ0n) is 6.02. The van der Waals surface area contributed by atoms with Crippen LogP contribution in [0.1, 0.15) is 27.2 Å². The van der Waals surface area contributed by atoms with Crippen LogP contribution in [0.5, 0.6) is 0 Å². The van der Waals surface area contributed by atoms with Crippen LogP contribution >= 0.6 is 0 Å². The first-order valence-corrected chi connectivity index (χ1v) is 3.12. The fourth-order valence-corrected chi connectivity index (χ4v) is 0.454. The van der Waals surface area contributed by atoms with E-state index in [1.54, 1.807) is 6.92 Å². The van der Waals surface area contributed by atoms with Crippen LogP contribution in [0.2, 0.25) is 0 Å². The highest BCUT2D eigenvalue weighted by Crippen LogP contribution is 2.09. The second-order valence-electron chi connectivity index (χ2n) is 1.55. The lowest BCUT2D eigenvalue weighted by atomic mass is 10.3. The van der Waals surface area contributed by atoms with Crippen molar-refractivity contribution in [3.63, 3.8) is 0 Å². The molecule has 0 aliphatic carbocycles. The van der Waals surface area contributed by atoms with E-state index < -0.39 is 6.36 Å². The Kier molecular flexibility index (Phi) is 4.01. The molecule has 0 N–H and O–H groups in total. The molecule has 1 unspecified atom stereocenters. The highest BCUT2D eigenvalue weighted by molar-refractivity contribution is 5.82. The molecule has 0 fully saturated rings. The molecular formula is C6H12FNO. The van der Waals surface area contributed by atoms with Gasteiger partial charge in [-0.15, -0.1) is 0 Å². The average molecular weight is 133 g/mol. The first kappa shape index (κ1) is 8.40. The summed E-state index contributed by atoms with van der Waals surface area (Å²) in [5.41, 5.74) is 0.729. The van der Waals surface area contributed by atoms with Crippen molar-refractivity contribution >= 4 is 5.71 Å². The molecule has 9 heavy (non-hydrogen) atoms. The van der Waals surface area contributed by atoms with Crippen LogP contribution in [0.25, 0.3) is 0 Å². The van der Waals surface area contributed by atoms with Gasteiger partial charge in [0.15, 0.2) is 0 Å². The molecule has 1 rings (SSSR count). The molecule has 0 aromatic rings. The van der Waals surface area contributed by atoms with E-state index in [0.717, 1.165) is 5.71 Å². The van der Waals surface area contributed by atoms with Gasteiger partial charge in [0.2, 0.25) is 0 Å². The molecule has 1 heterocycles. The van der Waals surface area contributed by atoms with Gasteiger partial charge in [-0.2, -0.15) is 4.39 Å². The molecule has 2 nitrogen and oxygen atoms in total. The third kappa shape index (κ3) is 3.06. The van der Waals surface area contributed by atoms with Gasteiger partial charge in [0.1, 0.15) is 0 Å². The molecule has 0 saturated carbocycles. The minimum Gasteiger partial charge on any atom is -0.358 e. The highest BCUT2D eigenvalue weighted by atomic mass is 19.1. The quantitative estimate of drug-likeness (QED) is 0.496. The van der Waals surface area contributed by atoms with Gasteiger partial charge in [-0.1, -0.05) is 19.0 Å². The fourth-order valence-electron chi connectivity index (χ4n) is 0.454. The average Bonchev–Trinajstić information content (AvgIpc) is 2.20. The Morgan fingerprint density at radius 1 is 1.67 bits per heavy atom. The largest absolute Gasteiger partial charge is 0.358 e. The molecule has 0 amide bonds. The highest BCUT2D eigenvalue weighted by Gasteiger charge is 2.14. The van der Waals surface area contributed by atoms with Crippen LogP contribution in [0.3, 0.4) is 0 Å². The van der Waals surface area contributed by atoms with Crippen LogP contribution < -0.4 is 0 Å². The molecule has 3 heteroatoms. The van der Waals surface area contributed by atoms with Gasteiger partial charge >= 0.3 is 0 Å². The lowest BCUT2D eigenvalue weighted by molar-refractivity contribution is -0.0117. The maximum Gasteiger partial charge on any atom is 0.269 e. The first-order chi connectivity index (χ1) is 4.29. The third-order valence-corrected chi connectivity index (χ3v) is 0.779. The van der Waals surface area contributed by atoms with E-state index in [9.17, 15) is 4.39 Å². The van der Waals surface area contributed by atoms with Crippen molar-refractivity contribution in [3.8, 4) is 0 Å². The zero-order chi connectivity index (χ0) is 7.28. The second-order valence-corrected chi connectivity index (χ2v) is 1.55. The number of oxime groups is 1. The van der Waals surface area contributed by atoms with Crippen molar-refractivity contribution in [2.75, 3.05) is 0 Å². The minimum atomic E-state index is -1.18. The van der Waals surface area contributed by atoms with E-state index in [0.29, 0.717) is 6.42 Å². The Labute approximate surface area is 54.7 Å². The van der Waals surface area contributed by atoms with Crippen LogP contribution in [0.15, 0.2) is 5.16 Å². The normalized spacial score (nSPS) is 23.6. The molecule has 1 atom stereocenters. The van der Waals surface area contributed by atoms with Crippen molar-refractivity contribution in [1.29, 1.82) is 0 Å². The Balaban J connectivity index is 0.000000291. The summed E-state index contributed by atoms with van der Waals surface area (Å²) in [6.07, 6.45) is -0.847. The maximum atomic E-state index is 11.8. The summed E-state index contributed by atoms with van der Waals surface area (Å²) in [5.74, 6) is 0. The predicted octanol–water partition coefficient (Wildman–Crippen LogP) is 2.10. The summed E-state index contributed by atoms with van der Waals surface area (Å²) in [5, 5.41) is 3.36. The van der Waals surface area contributed by atoms with Crippen molar-refractivity contribution in [2.45, 2.75) is 33.5 Å². The predicted molar refractivity (Wildman–Crippen MR) is 35.1 cm³/mol. The summed E-state index contributed by atoms with van der Waals surface area (Å²) in [6, 6.07) is 0. The minimum absolute atomic E-state index is 0.333. The number of halogens is 1. The van der Waals surface area contributed by atoms with E-state index >= 15 is 0 Å². The van der Waals surface area contributed by atoms with Crippen LogP contribution in [0.4, 0.5) is 4.39 Å². The Hall–Kier alpha value is -0.600. The van der Waals surface area contributed by atoms with Gasteiger partial charge in [-0.3, -0.25) is 0 Å². The summed E-state index contributed by atoms with van der Waals surface area (Å²) >= 11 is 0. The second kappa shape index (κ2) is 4.30. The fraction of sp³-hybridized carbons (Fsp3) is 0.833. The smallest absolute Gasteiger partial charge is 0.269 e. The zero-order valence-corrected chi connectivity index (χ0v) is 6.02. The lowest BCUT2D eigenvalue weighted by Crippen LogP contribution is -1.95. The number of hydrogen-bond acceptors (Lipinski definition) is 2.